The summed E-state index contributed by atoms with van der Waals surface area (Å²) in [5, 5.41) is 0.703. The lowest BCUT2D eigenvalue weighted by Gasteiger charge is -2.09. The van der Waals surface area contributed by atoms with E-state index in [-0.39, 0.29) is 22.1 Å². The number of aromatic nitrogens is 2. The summed E-state index contributed by atoms with van der Waals surface area (Å²) in [5.41, 5.74) is 0.210. The Labute approximate surface area is 144 Å². The molecule has 2 heterocycles. The van der Waals surface area contributed by atoms with E-state index in [9.17, 15) is 18.0 Å². The zero-order valence-corrected chi connectivity index (χ0v) is 13.6. The third-order valence-corrected chi connectivity index (χ3v) is 4.23. The Kier molecular flexibility index (Phi) is 4.67. The molecule has 0 atom stereocenters. The Morgan fingerprint density at radius 2 is 1.96 bits per heavy atom. The van der Waals surface area contributed by atoms with Crippen molar-refractivity contribution >= 4 is 28.6 Å². The van der Waals surface area contributed by atoms with Gasteiger partial charge in [0.2, 0.25) is 11.6 Å². The molecule has 0 aliphatic carbocycles. The van der Waals surface area contributed by atoms with Crippen LogP contribution in [-0.2, 0) is 16.7 Å². The Morgan fingerprint density at radius 1 is 1.20 bits per heavy atom. The lowest BCUT2D eigenvalue weighted by atomic mass is 10.2. The van der Waals surface area contributed by atoms with E-state index in [1.54, 1.807) is 24.3 Å². The zero-order valence-electron chi connectivity index (χ0n) is 12.8. The molecule has 0 aliphatic rings. The van der Waals surface area contributed by atoms with E-state index in [2.05, 4.69) is 14.7 Å². The van der Waals surface area contributed by atoms with Crippen LogP contribution in [0.1, 0.15) is 22.1 Å². The van der Waals surface area contributed by atoms with Gasteiger partial charge in [-0.15, -0.1) is 0 Å². The maximum absolute atomic E-state index is 13.0. The van der Waals surface area contributed by atoms with E-state index < -0.39 is 18.0 Å². The molecule has 3 rings (SSSR count). The largest absolute Gasteiger partial charge is 0.463 e. The maximum atomic E-state index is 13.0. The van der Waals surface area contributed by atoms with Gasteiger partial charge in [-0.2, -0.15) is 13.2 Å². The molecule has 0 radical (unpaired) electrons. The van der Waals surface area contributed by atoms with Gasteiger partial charge in [-0.1, -0.05) is 30.0 Å². The number of benzene rings is 1. The second kappa shape index (κ2) is 6.75. The number of hydrogen-bond donors (Lipinski definition) is 0. The first-order chi connectivity index (χ1) is 11.9. The molecule has 130 valence electrons. The fourth-order valence-electron chi connectivity index (χ4n) is 2.09. The molecule has 0 spiro atoms. The first-order valence-electron chi connectivity index (χ1n) is 7.02. The normalized spacial score (nSPS) is 11.7. The summed E-state index contributed by atoms with van der Waals surface area (Å²) in [7, 11) is 1.23. The molecule has 3 aromatic rings. The van der Waals surface area contributed by atoms with Gasteiger partial charge in [0.05, 0.1) is 18.4 Å². The molecule has 5 nitrogen and oxygen atoms in total. The number of halogens is 3. The van der Waals surface area contributed by atoms with Gasteiger partial charge >= 0.3 is 12.1 Å². The first kappa shape index (κ1) is 17.3. The van der Waals surface area contributed by atoms with Crippen molar-refractivity contribution in [1.29, 1.82) is 0 Å². The summed E-state index contributed by atoms with van der Waals surface area (Å²) in [4.78, 5) is 18.6. The summed E-state index contributed by atoms with van der Waals surface area (Å²) in [6.45, 7) is 0. The first-order valence-corrected chi connectivity index (χ1v) is 8.01. The van der Waals surface area contributed by atoms with Gasteiger partial charge < -0.3 is 9.15 Å². The minimum absolute atomic E-state index is 0.0293. The SMILES string of the molecule is COC(=O)c1ccc(CSc2nc(C(F)(F)F)nc3ccccc23)o1. The summed E-state index contributed by atoms with van der Waals surface area (Å²) < 4.78 is 48.8. The number of ether oxygens (including phenoxy) is 1. The minimum Gasteiger partial charge on any atom is -0.463 e. The molecule has 0 amide bonds. The fraction of sp³-hybridized carbons (Fsp3) is 0.188. The monoisotopic (exact) mass is 368 g/mol. The van der Waals surface area contributed by atoms with Gasteiger partial charge in [0.1, 0.15) is 10.8 Å². The molecule has 0 bridgehead atoms. The number of rotatable bonds is 4. The van der Waals surface area contributed by atoms with Crippen molar-refractivity contribution in [1.82, 2.24) is 9.97 Å². The van der Waals surface area contributed by atoms with E-state index in [1.807, 2.05) is 0 Å². The second-order valence-corrected chi connectivity index (χ2v) is 5.88. The van der Waals surface area contributed by atoms with Crippen LogP contribution in [0.5, 0.6) is 0 Å². The van der Waals surface area contributed by atoms with Crippen molar-refractivity contribution in [3.63, 3.8) is 0 Å². The molecular formula is C16H11F3N2O3S. The summed E-state index contributed by atoms with van der Waals surface area (Å²) in [6, 6.07) is 9.47. The van der Waals surface area contributed by atoms with Crippen molar-refractivity contribution in [3.05, 3.63) is 53.7 Å². The summed E-state index contributed by atoms with van der Waals surface area (Å²) >= 11 is 1.07. The van der Waals surface area contributed by atoms with Crippen LogP contribution in [0.25, 0.3) is 10.9 Å². The van der Waals surface area contributed by atoms with E-state index in [1.165, 1.54) is 19.2 Å². The molecule has 0 N–H and O–H groups in total. The van der Waals surface area contributed by atoms with Crippen LogP contribution in [-0.4, -0.2) is 23.0 Å². The standard InChI is InChI=1S/C16H11F3N2O3S/c1-23-14(22)12-7-6-9(24-12)8-25-13-10-4-2-3-5-11(10)20-15(21-13)16(17,18)19/h2-7H,8H2,1H3. The second-order valence-electron chi connectivity index (χ2n) is 4.91. The zero-order chi connectivity index (χ0) is 18.0. The third-order valence-electron chi connectivity index (χ3n) is 3.22. The van der Waals surface area contributed by atoms with Gasteiger partial charge in [-0.05, 0) is 18.2 Å². The van der Waals surface area contributed by atoms with Crippen molar-refractivity contribution in [2.75, 3.05) is 7.11 Å². The number of fused-ring (bicyclic) bond motifs is 1. The van der Waals surface area contributed by atoms with Gasteiger partial charge in [-0.3, -0.25) is 0 Å². The van der Waals surface area contributed by atoms with E-state index in [0.717, 1.165) is 11.8 Å². The molecular weight excluding hydrogens is 357 g/mol. The lowest BCUT2D eigenvalue weighted by molar-refractivity contribution is -0.145. The number of furan rings is 1. The van der Waals surface area contributed by atoms with E-state index in [0.29, 0.717) is 11.1 Å². The topological polar surface area (TPSA) is 65.2 Å². The average Bonchev–Trinajstić information content (AvgIpc) is 3.07. The van der Waals surface area contributed by atoms with Crippen LogP contribution >= 0.6 is 11.8 Å². The van der Waals surface area contributed by atoms with Crippen LogP contribution in [0.3, 0.4) is 0 Å². The summed E-state index contributed by atoms with van der Waals surface area (Å²) in [5.74, 6) is -1.16. The molecule has 25 heavy (non-hydrogen) atoms. The quantitative estimate of drug-likeness (QED) is 0.388. The highest BCUT2D eigenvalue weighted by Gasteiger charge is 2.35. The number of methoxy groups -OCH3 is 1. The number of carbonyl (C=O) groups is 1. The van der Waals surface area contributed by atoms with E-state index in [4.69, 9.17) is 4.42 Å². The number of carbonyl (C=O) groups excluding carboxylic acids is 1. The van der Waals surface area contributed by atoms with Gasteiger partial charge in [0, 0.05) is 5.39 Å². The fourth-order valence-corrected chi connectivity index (χ4v) is 3.00. The van der Waals surface area contributed by atoms with Crippen molar-refractivity contribution in [2.45, 2.75) is 17.0 Å². The Hall–Kier alpha value is -2.55. The number of para-hydroxylation sites is 1. The molecule has 0 saturated heterocycles. The maximum Gasteiger partial charge on any atom is 0.451 e. The van der Waals surface area contributed by atoms with Crippen LogP contribution in [0.15, 0.2) is 45.8 Å². The molecule has 1 aromatic carbocycles. The van der Waals surface area contributed by atoms with Crippen molar-refractivity contribution < 1.29 is 27.1 Å². The molecule has 0 unspecified atom stereocenters. The Morgan fingerprint density at radius 3 is 2.68 bits per heavy atom. The predicted molar refractivity (Wildman–Crippen MR) is 84.1 cm³/mol. The summed E-state index contributed by atoms with van der Waals surface area (Å²) in [6.07, 6.45) is -4.64. The third kappa shape index (κ3) is 3.76. The van der Waals surface area contributed by atoms with Crippen molar-refractivity contribution in [2.24, 2.45) is 0 Å². The molecule has 0 aliphatic heterocycles. The number of nitrogens with zero attached hydrogens (tertiary/aromatic N) is 2. The average molecular weight is 368 g/mol. The van der Waals surface area contributed by atoms with Gasteiger partial charge in [-0.25, -0.2) is 14.8 Å². The number of alkyl halides is 3. The molecule has 0 saturated carbocycles. The van der Waals surface area contributed by atoms with Gasteiger partial charge in [0.25, 0.3) is 0 Å². The van der Waals surface area contributed by atoms with Gasteiger partial charge in [0.15, 0.2) is 0 Å². The van der Waals surface area contributed by atoms with Crippen molar-refractivity contribution in [3.8, 4) is 0 Å². The Balaban J connectivity index is 1.90. The predicted octanol–water partition coefficient (Wildman–Crippen LogP) is 4.32. The van der Waals surface area contributed by atoms with Crippen LogP contribution in [0.4, 0.5) is 13.2 Å². The molecule has 0 fully saturated rings. The van der Waals surface area contributed by atoms with Crippen LogP contribution in [0.2, 0.25) is 0 Å². The van der Waals surface area contributed by atoms with E-state index >= 15 is 0 Å². The molecule has 9 heteroatoms. The number of thioether (sulfide) groups is 1. The minimum atomic E-state index is -4.64. The van der Waals surface area contributed by atoms with Crippen LogP contribution < -0.4 is 0 Å². The number of esters is 1. The lowest BCUT2D eigenvalue weighted by Crippen LogP contribution is -2.11. The molecule has 2 aromatic heterocycles. The highest BCUT2D eigenvalue weighted by Crippen LogP contribution is 2.33. The highest BCUT2D eigenvalue weighted by atomic mass is 32.2. The highest BCUT2D eigenvalue weighted by molar-refractivity contribution is 7.98. The number of hydrogen-bond acceptors (Lipinski definition) is 6. The van der Waals surface area contributed by atoms with Crippen LogP contribution in [0, 0.1) is 0 Å². The smallest absolute Gasteiger partial charge is 0.451 e. The Bertz CT molecular complexity index is 924.